The Bertz CT molecular complexity index is 1440. The number of hydrogen-bond acceptors (Lipinski definition) is 6. The predicted octanol–water partition coefficient (Wildman–Crippen LogP) is 5.55. The van der Waals surface area contributed by atoms with Crippen molar-refractivity contribution in [1.82, 2.24) is 29.7 Å². The first-order valence-corrected chi connectivity index (χ1v) is 11.9. The zero-order valence-electron chi connectivity index (χ0n) is 20.5. The second-order valence-electron chi connectivity index (χ2n) is 8.43. The molecular formula is C28H28N6O2. The average Bonchev–Trinajstić information content (AvgIpc) is 3.59. The summed E-state index contributed by atoms with van der Waals surface area (Å²) in [5.41, 5.74) is 5.57. The molecule has 8 nitrogen and oxygen atoms in total. The molecule has 3 aromatic heterocycles. The van der Waals surface area contributed by atoms with Crippen molar-refractivity contribution >= 4 is 0 Å². The molecule has 0 aliphatic carbocycles. The first kappa shape index (κ1) is 23.4. The lowest BCUT2D eigenvalue weighted by molar-refractivity contribution is 0.0750. The van der Waals surface area contributed by atoms with Crippen LogP contribution in [0.2, 0.25) is 0 Å². The summed E-state index contributed by atoms with van der Waals surface area (Å²) in [6, 6.07) is 22.4. The Morgan fingerprint density at radius 3 is 2.56 bits per heavy atom. The van der Waals surface area contributed by atoms with Gasteiger partial charge in [-0.25, -0.2) is 15.0 Å². The van der Waals surface area contributed by atoms with Crippen molar-refractivity contribution < 1.29 is 9.47 Å². The Labute approximate surface area is 210 Å². The molecule has 0 aliphatic rings. The van der Waals surface area contributed by atoms with Gasteiger partial charge in [-0.3, -0.25) is 5.10 Å². The van der Waals surface area contributed by atoms with Crippen molar-refractivity contribution in [3.8, 4) is 34.2 Å². The third kappa shape index (κ3) is 4.89. The van der Waals surface area contributed by atoms with Crippen molar-refractivity contribution in [2.75, 3.05) is 13.7 Å². The molecule has 1 atom stereocenters. The quantitative estimate of drug-likeness (QED) is 0.297. The topological polar surface area (TPSA) is 90.7 Å². The molecule has 5 rings (SSSR count). The van der Waals surface area contributed by atoms with Gasteiger partial charge >= 0.3 is 0 Å². The number of nitrogens with zero attached hydrogens (tertiary/aromatic N) is 5. The van der Waals surface area contributed by atoms with Crippen molar-refractivity contribution in [2.24, 2.45) is 0 Å². The molecule has 0 saturated heterocycles. The lowest BCUT2D eigenvalue weighted by Crippen LogP contribution is -2.09. The maximum Gasteiger partial charge on any atom is 0.238 e. The number of aromatic amines is 1. The van der Waals surface area contributed by atoms with Crippen LogP contribution in [0.15, 0.2) is 79.3 Å². The SMILES string of the molecule is CCCOC(c1cccc(-c2ccccc2)c1)c1nc(-c2ccc(-n3cnc(C)c3)c(OC)n2)n[nH]1. The highest BCUT2D eigenvalue weighted by atomic mass is 16.5. The molecule has 3 heterocycles. The predicted molar refractivity (Wildman–Crippen MR) is 138 cm³/mol. The Balaban J connectivity index is 1.47. The minimum absolute atomic E-state index is 0.384. The van der Waals surface area contributed by atoms with Crippen LogP contribution in [0, 0.1) is 6.92 Å². The zero-order valence-corrected chi connectivity index (χ0v) is 20.5. The number of hydrogen-bond donors (Lipinski definition) is 1. The third-order valence-corrected chi connectivity index (χ3v) is 5.79. The molecule has 1 unspecified atom stereocenters. The number of aromatic nitrogens is 6. The first-order chi connectivity index (χ1) is 17.7. The van der Waals surface area contributed by atoms with Crippen LogP contribution in [0.3, 0.4) is 0 Å². The van der Waals surface area contributed by atoms with Crippen LogP contribution >= 0.6 is 0 Å². The fourth-order valence-corrected chi connectivity index (χ4v) is 4.04. The minimum atomic E-state index is -0.384. The number of pyridine rings is 1. The number of imidazole rings is 1. The molecule has 0 radical (unpaired) electrons. The van der Waals surface area contributed by atoms with Gasteiger partial charge in [0.25, 0.3) is 0 Å². The zero-order chi connectivity index (χ0) is 24.9. The van der Waals surface area contributed by atoms with Gasteiger partial charge in [0.2, 0.25) is 5.88 Å². The molecule has 0 aliphatic heterocycles. The van der Waals surface area contributed by atoms with E-state index in [0.717, 1.165) is 34.5 Å². The van der Waals surface area contributed by atoms with E-state index in [1.54, 1.807) is 13.4 Å². The number of ether oxygens (including phenoxy) is 2. The number of H-pyrrole nitrogens is 1. The summed E-state index contributed by atoms with van der Waals surface area (Å²) in [5.74, 6) is 1.56. The van der Waals surface area contributed by atoms with Gasteiger partial charge in [-0.05, 0) is 48.2 Å². The normalized spacial score (nSPS) is 12.0. The van der Waals surface area contributed by atoms with E-state index >= 15 is 0 Å². The van der Waals surface area contributed by atoms with Crippen LogP contribution in [0.4, 0.5) is 0 Å². The molecule has 0 bridgehead atoms. The monoisotopic (exact) mass is 480 g/mol. The molecule has 0 amide bonds. The van der Waals surface area contributed by atoms with Crippen molar-refractivity contribution in [3.63, 3.8) is 0 Å². The Hall–Kier alpha value is -4.30. The largest absolute Gasteiger partial charge is 0.479 e. The fraction of sp³-hybridized carbons (Fsp3) is 0.214. The molecule has 36 heavy (non-hydrogen) atoms. The minimum Gasteiger partial charge on any atom is -0.479 e. The van der Waals surface area contributed by atoms with Crippen LogP contribution in [0.1, 0.15) is 36.5 Å². The van der Waals surface area contributed by atoms with Gasteiger partial charge in [0.15, 0.2) is 11.6 Å². The summed E-state index contributed by atoms with van der Waals surface area (Å²) in [4.78, 5) is 13.7. The van der Waals surface area contributed by atoms with Crippen LogP contribution in [0.5, 0.6) is 5.88 Å². The second-order valence-corrected chi connectivity index (χ2v) is 8.43. The van der Waals surface area contributed by atoms with Crippen molar-refractivity contribution in [3.05, 3.63) is 96.3 Å². The smallest absolute Gasteiger partial charge is 0.238 e. The van der Waals surface area contributed by atoms with Gasteiger partial charge in [-0.1, -0.05) is 55.5 Å². The average molecular weight is 481 g/mol. The lowest BCUT2D eigenvalue weighted by Gasteiger charge is -2.16. The van der Waals surface area contributed by atoms with Gasteiger partial charge in [0, 0.05) is 12.8 Å². The molecular weight excluding hydrogens is 452 g/mol. The summed E-state index contributed by atoms with van der Waals surface area (Å²) < 4.78 is 13.7. The highest BCUT2D eigenvalue weighted by Gasteiger charge is 2.21. The van der Waals surface area contributed by atoms with Crippen molar-refractivity contribution in [1.29, 1.82) is 0 Å². The lowest BCUT2D eigenvalue weighted by atomic mass is 10.0. The summed E-state index contributed by atoms with van der Waals surface area (Å²) in [7, 11) is 1.59. The summed E-state index contributed by atoms with van der Waals surface area (Å²) >= 11 is 0. The molecule has 1 N–H and O–H groups in total. The molecule has 0 spiro atoms. The van der Waals surface area contributed by atoms with Gasteiger partial charge < -0.3 is 14.0 Å². The van der Waals surface area contributed by atoms with Crippen LogP contribution < -0.4 is 4.74 Å². The Morgan fingerprint density at radius 2 is 1.81 bits per heavy atom. The number of nitrogens with one attached hydrogen (secondary N) is 1. The van der Waals surface area contributed by atoms with Crippen molar-refractivity contribution in [2.45, 2.75) is 26.4 Å². The van der Waals surface area contributed by atoms with Gasteiger partial charge in [0.05, 0.1) is 19.1 Å². The fourth-order valence-electron chi connectivity index (χ4n) is 4.04. The van der Waals surface area contributed by atoms with Crippen LogP contribution in [-0.4, -0.2) is 43.4 Å². The summed E-state index contributed by atoms with van der Waals surface area (Å²) in [6.45, 7) is 4.62. The van der Waals surface area contributed by atoms with E-state index in [1.165, 1.54) is 0 Å². The van der Waals surface area contributed by atoms with E-state index in [4.69, 9.17) is 14.5 Å². The van der Waals surface area contributed by atoms with E-state index in [0.29, 0.717) is 29.8 Å². The highest BCUT2D eigenvalue weighted by molar-refractivity contribution is 5.64. The molecule has 0 saturated carbocycles. The van der Waals surface area contributed by atoms with E-state index < -0.39 is 0 Å². The molecule has 182 valence electrons. The molecule has 8 heteroatoms. The van der Waals surface area contributed by atoms with Gasteiger partial charge in [-0.15, -0.1) is 0 Å². The second kappa shape index (κ2) is 10.5. The molecule has 0 fully saturated rings. The maximum atomic E-state index is 6.24. The van der Waals surface area contributed by atoms with E-state index in [9.17, 15) is 0 Å². The number of rotatable bonds is 9. The molecule has 5 aromatic rings. The van der Waals surface area contributed by atoms with Crippen LogP contribution in [0.25, 0.3) is 28.3 Å². The van der Waals surface area contributed by atoms with Gasteiger partial charge in [0.1, 0.15) is 17.5 Å². The van der Waals surface area contributed by atoms with Gasteiger partial charge in [-0.2, -0.15) is 5.10 Å². The summed E-state index contributed by atoms with van der Waals surface area (Å²) in [6.07, 6.45) is 4.16. The standard InChI is InChI=1S/C28H28N6O2/c1-4-15-36-25(22-12-8-11-21(16-22)20-9-6-5-7-10-20)27-31-26(32-33-27)23-13-14-24(28(30-23)35-3)34-17-19(2)29-18-34/h5-14,16-18,25H,4,15H2,1-3H3,(H,31,32,33). The number of aryl methyl sites for hydroxylation is 1. The molecule has 2 aromatic carbocycles. The Morgan fingerprint density at radius 1 is 0.972 bits per heavy atom. The summed E-state index contributed by atoms with van der Waals surface area (Å²) in [5, 5.41) is 7.53. The Kier molecular flexibility index (Phi) is 6.86. The maximum absolute atomic E-state index is 6.24. The van der Waals surface area contributed by atoms with E-state index in [1.807, 2.05) is 54.1 Å². The van der Waals surface area contributed by atoms with E-state index in [2.05, 4.69) is 57.4 Å². The number of benzene rings is 2. The third-order valence-electron chi connectivity index (χ3n) is 5.79. The highest BCUT2D eigenvalue weighted by Crippen LogP contribution is 2.30. The first-order valence-electron chi connectivity index (χ1n) is 11.9. The number of methoxy groups -OCH3 is 1. The van der Waals surface area contributed by atoms with Crippen LogP contribution in [-0.2, 0) is 4.74 Å². The van der Waals surface area contributed by atoms with E-state index in [-0.39, 0.29) is 6.10 Å².